The number of hydrogen-bond donors (Lipinski definition) is 0. The highest BCUT2D eigenvalue weighted by molar-refractivity contribution is 6.30. The van der Waals surface area contributed by atoms with Crippen LogP contribution in [0.5, 0.6) is 5.75 Å². The first-order valence-corrected chi connectivity index (χ1v) is 4.77. The molecule has 14 heavy (non-hydrogen) atoms. The molecule has 1 aromatic rings. The predicted octanol–water partition coefficient (Wildman–Crippen LogP) is 3.79. The van der Waals surface area contributed by atoms with Gasteiger partial charge >= 0.3 is 0 Å². The lowest BCUT2D eigenvalue weighted by Gasteiger charge is -2.22. The summed E-state index contributed by atoms with van der Waals surface area (Å²) in [6.45, 7) is 5.80. The maximum atomic E-state index is 13.6. The molecule has 0 saturated heterocycles. The van der Waals surface area contributed by atoms with E-state index < -0.39 is 0 Å². The van der Waals surface area contributed by atoms with Gasteiger partial charge in [-0.1, -0.05) is 32.4 Å². The zero-order chi connectivity index (χ0) is 10.9. The van der Waals surface area contributed by atoms with Gasteiger partial charge in [-0.05, 0) is 17.5 Å². The summed E-state index contributed by atoms with van der Waals surface area (Å²) in [5, 5.41) is 0.354. The van der Waals surface area contributed by atoms with E-state index in [1.54, 1.807) is 6.07 Å². The molecule has 0 aliphatic heterocycles. The Labute approximate surface area is 88.8 Å². The zero-order valence-electron chi connectivity index (χ0n) is 8.82. The first kappa shape index (κ1) is 11.3. The molecule has 1 aromatic carbocycles. The lowest BCUT2D eigenvalue weighted by molar-refractivity contribution is 0.388. The van der Waals surface area contributed by atoms with Crippen molar-refractivity contribution in [3.05, 3.63) is 28.5 Å². The predicted molar refractivity (Wildman–Crippen MR) is 56.7 cm³/mol. The van der Waals surface area contributed by atoms with Crippen LogP contribution in [0.4, 0.5) is 4.39 Å². The van der Waals surface area contributed by atoms with Crippen molar-refractivity contribution < 1.29 is 9.13 Å². The van der Waals surface area contributed by atoms with Gasteiger partial charge in [-0.25, -0.2) is 4.39 Å². The van der Waals surface area contributed by atoms with Gasteiger partial charge in [0.2, 0.25) is 0 Å². The summed E-state index contributed by atoms with van der Waals surface area (Å²) < 4.78 is 18.7. The first-order chi connectivity index (χ1) is 6.36. The molecular formula is C11H14ClFO. The van der Waals surface area contributed by atoms with Crippen molar-refractivity contribution in [2.24, 2.45) is 0 Å². The third kappa shape index (κ3) is 2.18. The monoisotopic (exact) mass is 216 g/mol. The standard InChI is InChI=1S/C11H14ClFO/c1-11(2,3)10-8(13)5-7(12)6-9(10)14-4/h5-6H,1-4H3. The molecule has 3 heteroatoms. The Morgan fingerprint density at radius 1 is 1.29 bits per heavy atom. The average molecular weight is 217 g/mol. The fourth-order valence-electron chi connectivity index (χ4n) is 1.44. The fourth-order valence-corrected chi connectivity index (χ4v) is 1.63. The number of rotatable bonds is 1. The van der Waals surface area contributed by atoms with E-state index in [0.29, 0.717) is 16.3 Å². The number of halogens is 2. The van der Waals surface area contributed by atoms with Crippen molar-refractivity contribution >= 4 is 11.6 Å². The minimum absolute atomic E-state index is 0.292. The van der Waals surface area contributed by atoms with Gasteiger partial charge in [-0.2, -0.15) is 0 Å². The van der Waals surface area contributed by atoms with E-state index in [1.165, 1.54) is 13.2 Å². The van der Waals surface area contributed by atoms with Crippen molar-refractivity contribution in [2.45, 2.75) is 26.2 Å². The molecule has 0 heterocycles. The molecule has 0 bridgehead atoms. The van der Waals surface area contributed by atoms with Gasteiger partial charge in [0.15, 0.2) is 0 Å². The molecule has 0 aromatic heterocycles. The van der Waals surface area contributed by atoms with Gasteiger partial charge in [0.1, 0.15) is 11.6 Å². The van der Waals surface area contributed by atoms with E-state index in [4.69, 9.17) is 16.3 Å². The number of methoxy groups -OCH3 is 1. The first-order valence-electron chi connectivity index (χ1n) is 4.40. The van der Waals surface area contributed by atoms with E-state index in [-0.39, 0.29) is 11.2 Å². The highest BCUT2D eigenvalue weighted by Crippen LogP contribution is 2.35. The van der Waals surface area contributed by atoms with Crippen LogP contribution in [0.2, 0.25) is 5.02 Å². The summed E-state index contributed by atoms with van der Waals surface area (Å²) in [4.78, 5) is 0. The van der Waals surface area contributed by atoms with Gasteiger partial charge in [0, 0.05) is 10.6 Å². The second kappa shape index (κ2) is 3.77. The molecule has 1 nitrogen and oxygen atoms in total. The molecule has 0 saturated carbocycles. The Hall–Kier alpha value is -0.760. The van der Waals surface area contributed by atoms with Crippen LogP contribution in [-0.4, -0.2) is 7.11 Å². The molecule has 0 fully saturated rings. The van der Waals surface area contributed by atoms with Crippen molar-refractivity contribution in [2.75, 3.05) is 7.11 Å². The lowest BCUT2D eigenvalue weighted by Crippen LogP contribution is -2.15. The maximum Gasteiger partial charge on any atom is 0.132 e. The largest absolute Gasteiger partial charge is 0.496 e. The number of hydrogen-bond acceptors (Lipinski definition) is 1. The third-order valence-corrected chi connectivity index (χ3v) is 2.21. The van der Waals surface area contributed by atoms with Crippen LogP contribution in [0.3, 0.4) is 0 Å². The Morgan fingerprint density at radius 3 is 2.29 bits per heavy atom. The van der Waals surface area contributed by atoms with Gasteiger partial charge in [-0.15, -0.1) is 0 Å². The van der Waals surface area contributed by atoms with E-state index >= 15 is 0 Å². The van der Waals surface area contributed by atoms with Crippen molar-refractivity contribution in [3.63, 3.8) is 0 Å². The Kier molecular flexibility index (Phi) is 3.05. The van der Waals surface area contributed by atoms with Crippen LogP contribution in [0.15, 0.2) is 12.1 Å². The second-order valence-corrected chi connectivity index (χ2v) is 4.65. The van der Waals surface area contributed by atoms with E-state index in [2.05, 4.69) is 0 Å². The highest BCUT2D eigenvalue weighted by Gasteiger charge is 2.23. The topological polar surface area (TPSA) is 9.23 Å². The Balaban J connectivity index is 3.40. The third-order valence-electron chi connectivity index (χ3n) is 1.99. The molecule has 0 amide bonds. The van der Waals surface area contributed by atoms with Gasteiger partial charge in [-0.3, -0.25) is 0 Å². The minimum atomic E-state index is -0.318. The lowest BCUT2D eigenvalue weighted by atomic mass is 9.86. The van der Waals surface area contributed by atoms with Crippen molar-refractivity contribution in [1.29, 1.82) is 0 Å². The van der Waals surface area contributed by atoms with Crippen molar-refractivity contribution in [3.8, 4) is 5.75 Å². The van der Waals surface area contributed by atoms with E-state index in [0.717, 1.165) is 0 Å². The quantitative estimate of drug-likeness (QED) is 0.694. The van der Waals surface area contributed by atoms with Crippen LogP contribution in [0.25, 0.3) is 0 Å². The van der Waals surface area contributed by atoms with Crippen LogP contribution in [-0.2, 0) is 5.41 Å². The highest BCUT2D eigenvalue weighted by atomic mass is 35.5. The fraction of sp³-hybridized carbons (Fsp3) is 0.455. The summed E-state index contributed by atoms with van der Waals surface area (Å²) in [6.07, 6.45) is 0. The summed E-state index contributed by atoms with van der Waals surface area (Å²) >= 11 is 5.73. The normalized spacial score (nSPS) is 11.6. The van der Waals surface area contributed by atoms with Gasteiger partial charge in [0.05, 0.1) is 7.11 Å². The second-order valence-electron chi connectivity index (χ2n) is 4.21. The molecule has 0 aliphatic carbocycles. The summed E-state index contributed by atoms with van der Waals surface area (Å²) in [6, 6.07) is 2.94. The molecule has 78 valence electrons. The molecule has 0 unspecified atom stereocenters. The Morgan fingerprint density at radius 2 is 1.86 bits per heavy atom. The summed E-state index contributed by atoms with van der Waals surface area (Å²) in [7, 11) is 1.51. The van der Waals surface area contributed by atoms with Crippen LogP contribution < -0.4 is 4.74 Å². The SMILES string of the molecule is COc1cc(Cl)cc(F)c1C(C)(C)C. The van der Waals surface area contributed by atoms with Crippen molar-refractivity contribution in [1.82, 2.24) is 0 Å². The van der Waals surface area contributed by atoms with Crippen LogP contribution in [0.1, 0.15) is 26.3 Å². The summed E-state index contributed by atoms with van der Waals surface area (Å²) in [5.74, 6) is 0.185. The average Bonchev–Trinajstić information content (AvgIpc) is 1.99. The number of benzene rings is 1. The van der Waals surface area contributed by atoms with Gasteiger partial charge < -0.3 is 4.74 Å². The minimum Gasteiger partial charge on any atom is -0.496 e. The Bertz CT molecular complexity index is 342. The molecule has 0 atom stereocenters. The zero-order valence-corrected chi connectivity index (χ0v) is 9.57. The van der Waals surface area contributed by atoms with Gasteiger partial charge in [0.25, 0.3) is 0 Å². The molecule has 0 radical (unpaired) electrons. The molecule has 0 aliphatic rings. The van der Waals surface area contributed by atoms with Crippen LogP contribution in [0, 0.1) is 5.82 Å². The number of ether oxygens (including phenoxy) is 1. The maximum absolute atomic E-state index is 13.6. The smallest absolute Gasteiger partial charge is 0.132 e. The van der Waals surface area contributed by atoms with E-state index in [9.17, 15) is 4.39 Å². The van der Waals surface area contributed by atoms with Crippen LogP contribution >= 0.6 is 11.6 Å². The molecule has 1 rings (SSSR count). The molecular weight excluding hydrogens is 203 g/mol. The molecule has 0 spiro atoms. The van der Waals surface area contributed by atoms with E-state index in [1.807, 2.05) is 20.8 Å². The molecule has 0 N–H and O–H groups in total. The summed E-state index contributed by atoms with van der Waals surface area (Å²) in [5.41, 5.74) is 0.268.